The molecule has 0 aliphatic rings. The molecule has 2 aromatic rings. The van der Waals surface area contributed by atoms with Gasteiger partial charge in [0.15, 0.2) is 0 Å². The zero-order valence-electron chi connectivity index (χ0n) is 8.64. The number of thiophene rings is 1. The van der Waals surface area contributed by atoms with Crippen LogP contribution in [-0.4, -0.2) is 5.11 Å². The fourth-order valence-electron chi connectivity index (χ4n) is 1.66. The summed E-state index contributed by atoms with van der Waals surface area (Å²) in [6, 6.07) is 5.90. The first kappa shape index (κ1) is 10.5. The SMILES string of the molecule is CCc1occc1C(O)Cc1cccs1. The summed E-state index contributed by atoms with van der Waals surface area (Å²) in [7, 11) is 0. The van der Waals surface area contributed by atoms with Gasteiger partial charge in [-0.15, -0.1) is 11.3 Å². The minimum Gasteiger partial charge on any atom is -0.469 e. The second-order valence-electron chi connectivity index (χ2n) is 3.45. The molecule has 0 saturated heterocycles. The van der Waals surface area contributed by atoms with Crippen molar-refractivity contribution in [3.63, 3.8) is 0 Å². The number of furan rings is 1. The van der Waals surface area contributed by atoms with Gasteiger partial charge in [-0.1, -0.05) is 13.0 Å². The Morgan fingerprint density at radius 1 is 1.47 bits per heavy atom. The van der Waals surface area contributed by atoms with Gasteiger partial charge >= 0.3 is 0 Å². The Morgan fingerprint density at radius 2 is 2.33 bits per heavy atom. The van der Waals surface area contributed by atoms with Crippen molar-refractivity contribution >= 4 is 11.3 Å². The van der Waals surface area contributed by atoms with Gasteiger partial charge in [0.25, 0.3) is 0 Å². The minimum absolute atomic E-state index is 0.447. The summed E-state index contributed by atoms with van der Waals surface area (Å²) < 4.78 is 5.30. The molecule has 2 aromatic heterocycles. The van der Waals surface area contributed by atoms with E-state index in [1.807, 2.05) is 30.5 Å². The largest absolute Gasteiger partial charge is 0.469 e. The van der Waals surface area contributed by atoms with Crippen molar-refractivity contribution in [2.75, 3.05) is 0 Å². The normalized spacial score (nSPS) is 12.9. The van der Waals surface area contributed by atoms with E-state index in [1.54, 1.807) is 17.6 Å². The van der Waals surface area contributed by atoms with Crippen LogP contribution >= 0.6 is 11.3 Å². The van der Waals surface area contributed by atoms with E-state index in [4.69, 9.17) is 4.42 Å². The highest BCUT2D eigenvalue weighted by atomic mass is 32.1. The molecule has 0 amide bonds. The van der Waals surface area contributed by atoms with Crippen molar-refractivity contribution in [3.05, 3.63) is 46.0 Å². The Kier molecular flexibility index (Phi) is 3.23. The van der Waals surface area contributed by atoms with Gasteiger partial charge in [0.2, 0.25) is 0 Å². The molecule has 2 heterocycles. The maximum Gasteiger partial charge on any atom is 0.109 e. The molecular weight excluding hydrogens is 208 g/mol. The topological polar surface area (TPSA) is 33.4 Å². The van der Waals surface area contributed by atoms with Crippen molar-refractivity contribution in [1.29, 1.82) is 0 Å². The highest BCUT2D eigenvalue weighted by molar-refractivity contribution is 7.09. The van der Waals surface area contributed by atoms with E-state index >= 15 is 0 Å². The van der Waals surface area contributed by atoms with Crippen LogP contribution in [0.2, 0.25) is 0 Å². The minimum atomic E-state index is -0.447. The van der Waals surface area contributed by atoms with Crippen molar-refractivity contribution in [2.24, 2.45) is 0 Å². The molecule has 1 atom stereocenters. The molecule has 0 aliphatic heterocycles. The highest BCUT2D eigenvalue weighted by Crippen LogP contribution is 2.24. The van der Waals surface area contributed by atoms with Crippen molar-refractivity contribution in [1.82, 2.24) is 0 Å². The number of aryl methyl sites for hydroxylation is 1. The molecule has 3 heteroatoms. The summed E-state index contributed by atoms with van der Waals surface area (Å²) in [6.07, 6.45) is 2.69. The first-order valence-corrected chi connectivity index (χ1v) is 5.96. The molecule has 0 radical (unpaired) electrons. The lowest BCUT2D eigenvalue weighted by Gasteiger charge is -2.08. The molecule has 0 aliphatic carbocycles. The molecule has 0 aromatic carbocycles. The van der Waals surface area contributed by atoms with Crippen LogP contribution in [0.1, 0.15) is 29.2 Å². The Hall–Kier alpha value is -1.06. The lowest BCUT2D eigenvalue weighted by Crippen LogP contribution is -2.01. The second-order valence-corrected chi connectivity index (χ2v) is 4.48. The first-order valence-electron chi connectivity index (χ1n) is 5.08. The van der Waals surface area contributed by atoms with E-state index in [2.05, 4.69) is 0 Å². The van der Waals surface area contributed by atoms with Crippen LogP contribution in [0.3, 0.4) is 0 Å². The molecule has 80 valence electrons. The average Bonchev–Trinajstić information content (AvgIpc) is 2.86. The third-order valence-electron chi connectivity index (χ3n) is 2.43. The van der Waals surface area contributed by atoms with Crippen molar-refractivity contribution in [2.45, 2.75) is 25.9 Å². The predicted octanol–water partition coefficient (Wildman–Crippen LogP) is 3.18. The Bertz CT molecular complexity index is 403. The van der Waals surface area contributed by atoms with Gasteiger partial charge in [0.05, 0.1) is 12.4 Å². The smallest absolute Gasteiger partial charge is 0.109 e. The molecule has 1 unspecified atom stereocenters. The fourth-order valence-corrected chi connectivity index (χ4v) is 2.41. The Balaban J connectivity index is 2.11. The van der Waals surface area contributed by atoms with Crippen LogP contribution in [0, 0.1) is 0 Å². The Morgan fingerprint density at radius 3 is 3.00 bits per heavy atom. The van der Waals surface area contributed by atoms with E-state index in [0.29, 0.717) is 6.42 Å². The van der Waals surface area contributed by atoms with Gasteiger partial charge in [-0.25, -0.2) is 0 Å². The molecule has 2 nitrogen and oxygen atoms in total. The van der Waals surface area contributed by atoms with Gasteiger partial charge in [-0.05, 0) is 17.5 Å². The lowest BCUT2D eigenvalue weighted by atomic mass is 10.1. The molecule has 0 saturated carbocycles. The Labute approximate surface area is 93.2 Å². The third-order valence-corrected chi connectivity index (χ3v) is 3.33. The van der Waals surface area contributed by atoms with Crippen LogP contribution in [0.5, 0.6) is 0 Å². The summed E-state index contributed by atoms with van der Waals surface area (Å²) in [4.78, 5) is 1.20. The van der Waals surface area contributed by atoms with Crippen LogP contribution in [-0.2, 0) is 12.8 Å². The molecule has 0 bridgehead atoms. The zero-order chi connectivity index (χ0) is 10.7. The van der Waals surface area contributed by atoms with E-state index in [1.165, 1.54) is 4.88 Å². The summed E-state index contributed by atoms with van der Waals surface area (Å²) in [5, 5.41) is 12.1. The monoisotopic (exact) mass is 222 g/mol. The summed E-state index contributed by atoms with van der Waals surface area (Å²) >= 11 is 1.67. The molecule has 2 rings (SSSR count). The second kappa shape index (κ2) is 4.64. The summed E-state index contributed by atoms with van der Waals surface area (Å²) in [6.45, 7) is 2.03. The van der Waals surface area contributed by atoms with Crippen molar-refractivity contribution < 1.29 is 9.52 Å². The van der Waals surface area contributed by atoms with Gasteiger partial charge in [0, 0.05) is 23.3 Å². The zero-order valence-corrected chi connectivity index (χ0v) is 9.46. The average molecular weight is 222 g/mol. The first-order chi connectivity index (χ1) is 7.31. The molecule has 0 spiro atoms. The van der Waals surface area contributed by atoms with Crippen LogP contribution in [0.4, 0.5) is 0 Å². The fraction of sp³-hybridized carbons (Fsp3) is 0.333. The maximum atomic E-state index is 10.0. The molecule has 15 heavy (non-hydrogen) atoms. The third kappa shape index (κ3) is 2.30. The van der Waals surface area contributed by atoms with Crippen LogP contribution in [0.15, 0.2) is 34.3 Å². The van der Waals surface area contributed by atoms with Gasteiger partial charge in [-0.3, -0.25) is 0 Å². The number of hydrogen-bond donors (Lipinski definition) is 1. The number of aliphatic hydroxyl groups excluding tert-OH is 1. The van der Waals surface area contributed by atoms with E-state index in [0.717, 1.165) is 17.7 Å². The predicted molar refractivity (Wildman–Crippen MR) is 61.1 cm³/mol. The van der Waals surface area contributed by atoms with Crippen LogP contribution in [0.25, 0.3) is 0 Å². The summed E-state index contributed by atoms with van der Waals surface area (Å²) in [5.41, 5.74) is 0.922. The summed E-state index contributed by atoms with van der Waals surface area (Å²) in [5.74, 6) is 0.888. The maximum absolute atomic E-state index is 10.0. The van der Waals surface area contributed by atoms with Gasteiger partial charge in [0.1, 0.15) is 5.76 Å². The standard InChI is InChI=1S/C12H14O2S/c1-2-12-10(5-6-14-12)11(13)8-9-4-3-7-15-9/h3-7,11,13H,2,8H2,1H3. The van der Waals surface area contributed by atoms with Gasteiger partial charge < -0.3 is 9.52 Å². The number of hydrogen-bond acceptors (Lipinski definition) is 3. The van der Waals surface area contributed by atoms with E-state index < -0.39 is 6.10 Å². The highest BCUT2D eigenvalue weighted by Gasteiger charge is 2.14. The van der Waals surface area contributed by atoms with Gasteiger partial charge in [-0.2, -0.15) is 0 Å². The number of rotatable bonds is 4. The van der Waals surface area contributed by atoms with E-state index in [-0.39, 0.29) is 0 Å². The molecule has 0 fully saturated rings. The van der Waals surface area contributed by atoms with Crippen molar-refractivity contribution in [3.8, 4) is 0 Å². The van der Waals surface area contributed by atoms with Crippen LogP contribution < -0.4 is 0 Å². The lowest BCUT2D eigenvalue weighted by molar-refractivity contribution is 0.177. The number of aliphatic hydroxyl groups is 1. The molecule has 1 N–H and O–H groups in total. The quantitative estimate of drug-likeness (QED) is 0.862. The molecular formula is C12H14O2S. The van der Waals surface area contributed by atoms with E-state index in [9.17, 15) is 5.11 Å².